The molecule has 0 fully saturated rings. The van der Waals surface area contributed by atoms with Crippen LogP contribution in [0.2, 0.25) is 0 Å². The summed E-state index contributed by atoms with van der Waals surface area (Å²) in [7, 11) is 0. The van der Waals surface area contributed by atoms with Crippen molar-refractivity contribution in [1.82, 2.24) is 0 Å². The molecule has 1 rings (SSSR count). The van der Waals surface area contributed by atoms with Crippen molar-refractivity contribution >= 4 is 11.6 Å². The predicted molar refractivity (Wildman–Crippen MR) is 64.2 cm³/mol. The van der Waals surface area contributed by atoms with Gasteiger partial charge >= 0.3 is 6.18 Å². The molecule has 0 aliphatic rings. The number of halogens is 4. The molecule has 0 bridgehead atoms. The maximum atomic E-state index is 12.7. The molecule has 17 heavy (non-hydrogen) atoms. The SMILES string of the molecule is CC(C)C(Cl)CCc1ccccc1C(F)(F)F. The van der Waals surface area contributed by atoms with Crippen molar-refractivity contribution in [3.8, 4) is 0 Å². The van der Waals surface area contributed by atoms with Crippen LogP contribution in [0.25, 0.3) is 0 Å². The fraction of sp³-hybridized carbons (Fsp3) is 0.538. The van der Waals surface area contributed by atoms with Crippen LogP contribution in [0.3, 0.4) is 0 Å². The minimum Gasteiger partial charge on any atom is -0.166 e. The van der Waals surface area contributed by atoms with Gasteiger partial charge in [-0.05, 0) is 30.4 Å². The first-order chi connectivity index (χ1) is 7.82. The molecule has 1 atom stereocenters. The van der Waals surface area contributed by atoms with Gasteiger partial charge in [0.15, 0.2) is 0 Å². The summed E-state index contributed by atoms with van der Waals surface area (Å²) in [5, 5.41) is -0.0868. The molecular weight excluding hydrogens is 249 g/mol. The summed E-state index contributed by atoms with van der Waals surface area (Å²) in [4.78, 5) is 0. The number of alkyl halides is 4. The molecule has 0 N–H and O–H groups in total. The fourth-order valence-electron chi connectivity index (χ4n) is 1.64. The number of benzene rings is 1. The average Bonchev–Trinajstić information content (AvgIpc) is 2.24. The van der Waals surface area contributed by atoms with Crippen molar-refractivity contribution in [3.05, 3.63) is 35.4 Å². The third kappa shape index (κ3) is 4.23. The van der Waals surface area contributed by atoms with Crippen molar-refractivity contribution in [3.63, 3.8) is 0 Å². The van der Waals surface area contributed by atoms with Crippen LogP contribution in [-0.4, -0.2) is 5.38 Å². The zero-order valence-electron chi connectivity index (χ0n) is 9.89. The quantitative estimate of drug-likeness (QED) is 0.679. The van der Waals surface area contributed by atoms with Crippen LogP contribution in [0.4, 0.5) is 13.2 Å². The summed E-state index contributed by atoms with van der Waals surface area (Å²) in [6.07, 6.45) is -3.36. The molecular formula is C13H16ClF3. The summed E-state index contributed by atoms with van der Waals surface area (Å²) in [5.41, 5.74) is -0.223. The monoisotopic (exact) mass is 264 g/mol. The van der Waals surface area contributed by atoms with Gasteiger partial charge in [0.05, 0.1) is 5.56 Å². The van der Waals surface area contributed by atoms with Crippen molar-refractivity contribution < 1.29 is 13.2 Å². The van der Waals surface area contributed by atoms with E-state index in [2.05, 4.69) is 0 Å². The number of rotatable bonds is 4. The second-order valence-electron chi connectivity index (χ2n) is 4.45. The van der Waals surface area contributed by atoms with Crippen molar-refractivity contribution in [2.24, 2.45) is 5.92 Å². The van der Waals surface area contributed by atoms with E-state index in [0.29, 0.717) is 18.4 Å². The van der Waals surface area contributed by atoms with Gasteiger partial charge in [0.2, 0.25) is 0 Å². The molecule has 96 valence electrons. The third-order valence-electron chi connectivity index (χ3n) is 2.74. The first kappa shape index (κ1) is 14.4. The Labute approximate surface area is 105 Å². The maximum Gasteiger partial charge on any atom is 0.416 e. The largest absolute Gasteiger partial charge is 0.416 e. The van der Waals surface area contributed by atoms with Crippen molar-refractivity contribution in [1.29, 1.82) is 0 Å². The second kappa shape index (κ2) is 5.76. The molecule has 1 unspecified atom stereocenters. The van der Waals surface area contributed by atoms with Gasteiger partial charge in [-0.25, -0.2) is 0 Å². The van der Waals surface area contributed by atoms with Crippen LogP contribution in [0.15, 0.2) is 24.3 Å². The van der Waals surface area contributed by atoms with Crippen LogP contribution in [0.1, 0.15) is 31.4 Å². The Morgan fingerprint density at radius 2 is 1.76 bits per heavy atom. The lowest BCUT2D eigenvalue weighted by Crippen LogP contribution is -2.12. The highest BCUT2D eigenvalue weighted by atomic mass is 35.5. The molecule has 0 nitrogen and oxygen atoms in total. The Balaban J connectivity index is 2.78. The first-order valence-electron chi connectivity index (χ1n) is 5.61. The number of hydrogen-bond acceptors (Lipinski definition) is 0. The molecule has 0 saturated carbocycles. The highest BCUT2D eigenvalue weighted by Gasteiger charge is 2.32. The van der Waals surface area contributed by atoms with Gasteiger partial charge in [0.25, 0.3) is 0 Å². The summed E-state index contributed by atoms with van der Waals surface area (Å²) >= 11 is 6.05. The van der Waals surface area contributed by atoms with Crippen LogP contribution >= 0.6 is 11.6 Å². The zero-order chi connectivity index (χ0) is 13.1. The van der Waals surface area contributed by atoms with E-state index in [0.717, 1.165) is 6.07 Å². The Morgan fingerprint density at radius 1 is 1.18 bits per heavy atom. The number of aryl methyl sites for hydroxylation is 1. The molecule has 1 aromatic carbocycles. The van der Waals surface area contributed by atoms with Gasteiger partial charge in [-0.2, -0.15) is 13.2 Å². The molecule has 1 aromatic rings. The van der Waals surface area contributed by atoms with E-state index in [1.54, 1.807) is 6.07 Å². The lowest BCUT2D eigenvalue weighted by atomic mass is 9.98. The molecule has 4 heteroatoms. The van der Waals surface area contributed by atoms with Gasteiger partial charge in [-0.3, -0.25) is 0 Å². The van der Waals surface area contributed by atoms with Crippen LogP contribution < -0.4 is 0 Å². The molecule has 0 radical (unpaired) electrons. The second-order valence-corrected chi connectivity index (χ2v) is 5.01. The van der Waals surface area contributed by atoms with Gasteiger partial charge in [0.1, 0.15) is 0 Å². The highest BCUT2D eigenvalue weighted by molar-refractivity contribution is 6.20. The molecule has 0 spiro atoms. The fourth-order valence-corrected chi connectivity index (χ4v) is 1.75. The molecule has 0 aliphatic carbocycles. The third-order valence-corrected chi connectivity index (χ3v) is 3.46. The van der Waals surface area contributed by atoms with E-state index in [1.807, 2.05) is 13.8 Å². The smallest absolute Gasteiger partial charge is 0.166 e. The Morgan fingerprint density at radius 3 is 2.29 bits per heavy atom. The minimum atomic E-state index is -4.28. The van der Waals surface area contributed by atoms with Crippen LogP contribution in [0.5, 0.6) is 0 Å². The van der Waals surface area contributed by atoms with Gasteiger partial charge in [-0.1, -0.05) is 32.0 Å². The van der Waals surface area contributed by atoms with E-state index in [9.17, 15) is 13.2 Å². The molecule has 0 heterocycles. The zero-order valence-corrected chi connectivity index (χ0v) is 10.6. The van der Waals surface area contributed by atoms with E-state index in [1.165, 1.54) is 12.1 Å². The Bertz CT molecular complexity index is 358. The average molecular weight is 265 g/mol. The van der Waals surface area contributed by atoms with Crippen molar-refractivity contribution in [2.45, 2.75) is 38.2 Å². The normalized spacial score (nSPS) is 14.1. The molecule has 0 aromatic heterocycles. The lowest BCUT2D eigenvalue weighted by molar-refractivity contribution is -0.138. The van der Waals surface area contributed by atoms with Crippen molar-refractivity contribution in [2.75, 3.05) is 0 Å². The maximum absolute atomic E-state index is 12.7. The lowest BCUT2D eigenvalue weighted by Gasteiger charge is -2.16. The Kier molecular flexibility index (Phi) is 4.87. The van der Waals surface area contributed by atoms with E-state index >= 15 is 0 Å². The van der Waals surface area contributed by atoms with E-state index < -0.39 is 11.7 Å². The van der Waals surface area contributed by atoms with Gasteiger partial charge < -0.3 is 0 Å². The van der Waals surface area contributed by atoms with Gasteiger partial charge in [-0.15, -0.1) is 11.6 Å². The van der Waals surface area contributed by atoms with E-state index in [-0.39, 0.29) is 11.3 Å². The Hall–Kier alpha value is -0.700. The minimum absolute atomic E-state index is 0.0868. The molecule has 0 aliphatic heterocycles. The molecule has 0 amide bonds. The predicted octanol–water partition coefficient (Wildman–Crippen LogP) is 4.90. The summed E-state index contributed by atoms with van der Waals surface area (Å²) in [5.74, 6) is 0.273. The topological polar surface area (TPSA) is 0 Å². The standard InChI is InChI=1S/C13H16ClF3/c1-9(2)12(14)8-7-10-5-3-4-6-11(10)13(15,16)17/h3-6,9,12H,7-8H2,1-2H3. The first-order valence-corrected chi connectivity index (χ1v) is 6.05. The summed E-state index contributed by atoms with van der Waals surface area (Å²) < 4.78 is 38.1. The van der Waals surface area contributed by atoms with Gasteiger partial charge in [0, 0.05) is 5.38 Å². The summed E-state index contributed by atoms with van der Waals surface area (Å²) in [6.45, 7) is 3.93. The molecule has 0 saturated heterocycles. The highest BCUT2D eigenvalue weighted by Crippen LogP contribution is 2.32. The van der Waals surface area contributed by atoms with Crippen LogP contribution in [0, 0.1) is 5.92 Å². The number of hydrogen-bond donors (Lipinski definition) is 0. The van der Waals surface area contributed by atoms with Crippen LogP contribution in [-0.2, 0) is 12.6 Å². The summed E-state index contributed by atoms with van der Waals surface area (Å²) in [6, 6.07) is 5.68. The van der Waals surface area contributed by atoms with E-state index in [4.69, 9.17) is 11.6 Å².